The Morgan fingerprint density at radius 1 is 1.39 bits per heavy atom. The lowest BCUT2D eigenvalue weighted by atomic mass is 10.2. The standard InChI is InChI=1S/C13H20N4S/c1-10(2)8-17-13(15-9-16-17)7-14-11(3)12-5-4-6-18-12/h4-6,9-11,14H,7-8H2,1-3H3/t11-/m0/s1. The zero-order valence-corrected chi connectivity index (χ0v) is 11.9. The van der Waals surface area contributed by atoms with Crippen molar-refractivity contribution >= 4 is 11.3 Å². The highest BCUT2D eigenvalue weighted by Crippen LogP contribution is 2.18. The molecular weight excluding hydrogens is 244 g/mol. The van der Waals surface area contributed by atoms with E-state index in [1.807, 2.05) is 4.68 Å². The van der Waals surface area contributed by atoms with Gasteiger partial charge in [0.15, 0.2) is 0 Å². The molecule has 0 spiro atoms. The van der Waals surface area contributed by atoms with Gasteiger partial charge in [0.25, 0.3) is 0 Å². The van der Waals surface area contributed by atoms with Crippen molar-refractivity contribution in [2.24, 2.45) is 5.92 Å². The molecule has 0 radical (unpaired) electrons. The first-order chi connectivity index (χ1) is 8.66. The molecule has 2 heterocycles. The van der Waals surface area contributed by atoms with Crippen LogP contribution in [0.15, 0.2) is 23.8 Å². The van der Waals surface area contributed by atoms with Gasteiger partial charge < -0.3 is 5.32 Å². The number of rotatable bonds is 6. The lowest BCUT2D eigenvalue weighted by Crippen LogP contribution is -2.21. The predicted molar refractivity (Wildman–Crippen MR) is 74.4 cm³/mol. The van der Waals surface area contributed by atoms with Crippen molar-refractivity contribution in [3.05, 3.63) is 34.5 Å². The third-order valence-electron chi connectivity index (χ3n) is 2.77. The number of hydrogen-bond acceptors (Lipinski definition) is 4. The topological polar surface area (TPSA) is 42.7 Å². The van der Waals surface area contributed by atoms with Crippen molar-refractivity contribution in [3.63, 3.8) is 0 Å². The highest BCUT2D eigenvalue weighted by Gasteiger charge is 2.09. The van der Waals surface area contributed by atoms with Crippen LogP contribution in [0.4, 0.5) is 0 Å². The highest BCUT2D eigenvalue weighted by atomic mass is 32.1. The minimum atomic E-state index is 0.356. The van der Waals surface area contributed by atoms with Crippen LogP contribution in [-0.2, 0) is 13.1 Å². The Balaban J connectivity index is 1.92. The molecule has 18 heavy (non-hydrogen) atoms. The number of thiophene rings is 1. The van der Waals surface area contributed by atoms with Crippen LogP contribution < -0.4 is 5.32 Å². The Bertz CT molecular complexity index is 461. The fourth-order valence-electron chi connectivity index (χ4n) is 1.81. The normalized spacial score (nSPS) is 13.1. The molecule has 0 unspecified atom stereocenters. The molecule has 98 valence electrons. The summed E-state index contributed by atoms with van der Waals surface area (Å²) < 4.78 is 1.98. The molecule has 4 nitrogen and oxygen atoms in total. The van der Waals surface area contributed by atoms with E-state index in [2.05, 4.69) is 53.7 Å². The molecular formula is C13H20N4S. The molecule has 2 aromatic rings. The van der Waals surface area contributed by atoms with Gasteiger partial charge in [0.2, 0.25) is 0 Å². The van der Waals surface area contributed by atoms with E-state index < -0.39 is 0 Å². The quantitative estimate of drug-likeness (QED) is 0.872. The second kappa shape index (κ2) is 6.11. The van der Waals surface area contributed by atoms with Crippen LogP contribution in [0.2, 0.25) is 0 Å². The van der Waals surface area contributed by atoms with Crippen LogP contribution in [0, 0.1) is 5.92 Å². The molecule has 2 aromatic heterocycles. The Morgan fingerprint density at radius 2 is 2.22 bits per heavy atom. The van der Waals surface area contributed by atoms with Gasteiger partial charge in [-0.15, -0.1) is 11.3 Å². The highest BCUT2D eigenvalue weighted by molar-refractivity contribution is 7.10. The molecule has 1 N–H and O–H groups in total. The van der Waals surface area contributed by atoms with Crippen LogP contribution in [0.5, 0.6) is 0 Å². The van der Waals surface area contributed by atoms with E-state index in [0.29, 0.717) is 12.0 Å². The zero-order chi connectivity index (χ0) is 13.0. The SMILES string of the molecule is CC(C)Cn1ncnc1CN[C@@H](C)c1cccs1. The van der Waals surface area contributed by atoms with Gasteiger partial charge in [-0.2, -0.15) is 5.10 Å². The number of hydrogen-bond donors (Lipinski definition) is 1. The Morgan fingerprint density at radius 3 is 2.89 bits per heavy atom. The van der Waals surface area contributed by atoms with Gasteiger partial charge >= 0.3 is 0 Å². The number of aromatic nitrogens is 3. The molecule has 5 heteroatoms. The van der Waals surface area contributed by atoms with Gasteiger partial charge in [-0.25, -0.2) is 9.67 Å². The van der Waals surface area contributed by atoms with Crippen LogP contribution in [0.25, 0.3) is 0 Å². The molecule has 0 aromatic carbocycles. The van der Waals surface area contributed by atoms with Gasteiger partial charge in [0.05, 0.1) is 6.54 Å². The molecule has 0 bridgehead atoms. The maximum Gasteiger partial charge on any atom is 0.140 e. The fraction of sp³-hybridized carbons (Fsp3) is 0.538. The molecule has 0 amide bonds. The summed E-state index contributed by atoms with van der Waals surface area (Å²) in [6, 6.07) is 4.59. The first-order valence-corrected chi connectivity index (χ1v) is 7.18. The predicted octanol–water partition coefficient (Wildman–Crippen LogP) is 2.85. The summed E-state index contributed by atoms with van der Waals surface area (Å²) in [4.78, 5) is 5.67. The first kappa shape index (κ1) is 13.2. The second-order valence-corrected chi connectivity index (χ2v) is 5.85. The van der Waals surface area contributed by atoms with Crippen molar-refractivity contribution in [3.8, 4) is 0 Å². The third-order valence-corrected chi connectivity index (χ3v) is 3.83. The van der Waals surface area contributed by atoms with E-state index in [1.54, 1.807) is 17.7 Å². The average Bonchev–Trinajstić information content (AvgIpc) is 2.95. The van der Waals surface area contributed by atoms with Gasteiger partial charge in [0.1, 0.15) is 12.2 Å². The molecule has 0 aliphatic carbocycles. The van der Waals surface area contributed by atoms with Crippen molar-refractivity contribution < 1.29 is 0 Å². The Labute approximate surface area is 112 Å². The van der Waals surface area contributed by atoms with E-state index in [-0.39, 0.29) is 0 Å². The van der Waals surface area contributed by atoms with Crippen LogP contribution in [0.3, 0.4) is 0 Å². The summed E-state index contributed by atoms with van der Waals surface area (Å²) in [6.07, 6.45) is 1.63. The monoisotopic (exact) mass is 264 g/mol. The lowest BCUT2D eigenvalue weighted by molar-refractivity contribution is 0.450. The maximum atomic E-state index is 4.32. The van der Waals surface area contributed by atoms with Crippen LogP contribution in [-0.4, -0.2) is 14.8 Å². The Hall–Kier alpha value is -1.20. The van der Waals surface area contributed by atoms with E-state index >= 15 is 0 Å². The summed E-state index contributed by atoms with van der Waals surface area (Å²) in [5.41, 5.74) is 0. The summed E-state index contributed by atoms with van der Waals surface area (Å²) in [5.74, 6) is 1.59. The molecule has 0 fully saturated rings. The number of nitrogens with zero attached hydrogens (tertiary/aromatic N) is 3. The first-order valence-electron chi connectivity index (χ1n) is 6.30. The largest absolute Gasteiger partial charge is 0.302 e. The summed E-state index contributed by atoms with van der Waals surface area (Å²) in [5, 5.41) is 9.86. The summed E-state index contributed by atoms with van der Waals surface area (Å²) >= 11 is 1.78. The smallest absolute Gasteiger partial charge is 0.140 e. The van der Waals surface area contributed by atoms with Crippen LogP contribution >= 0.6 is 11.3 Å². The summed E-state index contributed by atoms with van der Waals surface area (Å²) in [7, 11) is 0. The second-order valence-electron chi connectivity index (χ2n) is 4.87. The molecule has 0 saturated heterocycles. The van der Waals surface area contributed by atoms with Crippen LogP contribution in [0.1, 0.15) is 37.5 Å². The van der Waals surface area contributed by atoms with E-state index in [4.69, 9.17) is 0 Å². The number of nitrogens with one attached hydrogen (secondary N) is 1. The molecule has 1 atom stereocenters. The molecule has 0 aliphatic rings. The maximum absolute atomic E-state index is 4.32. The minimum Gasteiger partial charge on any atom is -0.302 e. The zero-order valence-electron chi connectivity index (χ0n) is 11.1. The van der Waals surface area contributed by atoms with Crippen molar-refractivity contribution in [1.29, 1.82) is 0 Å². The average molecular weight is 264 g/mol. The van der Waals surface area contributed by atoms with Gasteiger partial charge in [0, 0.05) is 17.5 Å². The van der Waals surface area contributed by atoms with Crippen molar-refractivity contribution in [2.75, 3.05) is 0 Å². The molecule has 2 rings (SSSR count). The summed E-state index contributed by atoms with van der Waals surface area (Å²) in [6.45, 7) is 8.23. The van der Waals surface area contributed by atoms with Crippen molar-refractivity contribution in [2.45, 2.75) is 39.9 Å². The molecule has 0 saturated carbocycles. The van der Waals surface area contributed by atoms with Crippen molar-refractivity contribution in [1.82, 2.24) is 20.1 Å². The van der Waals surface area contributed by atoms with E-state index in [0.717, 1.165) is 18.9 Å². The fourth-order valence-corrected chi connectivity index (χ4v) is 2.56. The van der Waals surface area contributed by atoms with Gasteiger partial charge in [-0.3, -0.25) is 0 Å². The van der Waals surface area contributed by atoms with E-state index in [1.165, 1.54) is 4.88 Å². The van der Waals surface area contributed by atoms with Gasteiger partial charge in [-0.1, -0.05) is 19.9 Å². The minimum absolute atomic E-state index is 0.356. The lowest BCUT2D eigenvalue weighted by Gasteiger charge is -2.13. The third kappa shape index (κ3) is 3.40. The van der Waals surface area contributed by atoms with Gasteiger partial charge in [-0.05, 0) is 24.3 Å². The Kier molecular flexibility index (Phi) is 4.49. The van der Waals surface area contributed by atoms with E-state index in [9.17, 15) is 0 Å². The molecule has 0 aliphatic heterocycles.